The van der Waals surface area contributed by atoms with Gasteiger partial charge in [-0.1, -0.05) is 18.2 Å². The normalized spacial score (nSPS) is 10.3. The van der Waals surface area contributed by atoms with Crippen LogP contribution in [0.1, 0.15) is 19.3 Å². The molecule has 3 heteroatoms. The Morgan fingerprint density at radius 1 is 0.875 bits per heavy atom. The molecule has 1 aromatic carbocycles. The van der Waals surface area contributed by atoms with Crippen molar-refractivity contribution in [2.75, 3.05) is 26.4 Å². The molecule has 1 aromatic rings. The van der Waals surface area contributed by atoms with Crippen LogP contribution < -0.4 is 4.74 Å². The fourth-order valence-electron chi connectivity index (χ4n) is 1.28. The summed E-state index contributed by atoms with van der Waals surface area (Å²) in [5.41, 5.74) is 0. The van der Waals surface area contributed by atoms with E-state index in [2.05, 4.69) is 0 Å². The SMILES string of the molecule is [O]CCCOCCCCOc1ccccc1. The standard InChI is InChI=1S/C13H19O3/c14-9-6-11-15-10-4-5-12-16-13-7-2-1-3-8-13/h1-3,7-8H,4-6,9-12H2. The molecule has 0 heterocycles. The molecule has 1 radical (unpaired) electrons. The van der Waals surface area contributed by atoms with Gasteiger partial charge in [-0.2, -0.15) is 0 Å². The summed E-state index contributed by atoms with van der Waals surface area (Å²) in [7, 11) is 0. The second-order valence-electron chi connectivity index (χ2n) is 3.54. The van der Waals surface area contributed by atoms with Gasteiger partial charge in [-0.25, -0.2) is 5.11 Å². The Morgan fingerprint density at radius 3 is 2.31 bits per heavy atom. The van der Waals surface area contributed by atoms with Gasteiger partial charge in [-0.05, 0) is 31.4 Å². The average Bonchev–Trinajstić information content (AvgIpc) is 2.34. The van der Waals surface area contributed by atoms with Crippen LogP contribution in [-0.2, 0) is 9.84 Å². The number of ether oxygens (including phenoxy) is 2. The van der Waals surface area contributed by atoms with Crippen LogP contribution in [0, 0.1) is 0 Å². The number of benzene rings is 1. The largest absolute Gasteiger partial charge is 0.494 e. The lowest BCUT2D eigenvalue weighted by atomic mass is 10.3. The summed E-state index contributed by atoms with van der Waals surface area (Å²) < 4.78 is 10.8. The smallest absolute Gasteiger partial charge is 0.119 e. The summed E-state index contributed by atoms with van der Waals surface area (Å²) >= 11 is 0. The quantitative estimate of drug-likeness (QED) is 0.604. The van der Waals surface area contributed by atoms with Crippen molar-refractivity contribution in [1.29, 1.82) is 0 Å². The maximum absolute atomic E-state index is 10.1. The zero-order valence-corrected chi connectivity index (χ0v) is 9.56. The van der Waals surface area contributed by atoms with Crippen molar-refractivity contribution in [3.8, 4) is 5.75 Å². The molecule has 0 N–H and O–H groups in total. The lowest BCUT2D eigenvalue weighted by Gasteiger charge is -2.06. The average molecular weight is 223 g/mol. The monoisotopic (exact) mass is 223 g/mol. The highest BCUT2D eigenvalue weighted by molar-refractivity contribution is 5.20. The highest BCUT2D eigenvalue weighted by Crippen LogP contribution is 2.08. The van der Waals surface area contributed by atoms with Gasteiger partial charge in [0.25, 0.3) is 0 Å². The molecular weight excluding hydrogens is 204 g/mol. The Labute approximate surface area is 97.0 Å². The van der Waals surface area contributed by atoms with Crippen LogP contribution in [0.3, 0.4) is 0 Å². The zero-order valence-electron chi connectivity index (χ0n) is 9.56. The van der Waals surface area contributed by atoms with Gasteiger partial charge in [-0.15, -0.1) is 0 Å². The molecule has 0 amide bonds. The minimum Gasteiger partial charge on any atom is -0.494 e. The Bertz CT molecular complexity index is 249. The first-order valence-corrected chi connectivity index (χ1v) is 5.77. The summed E-state index contributed by atoms with van der Waals surface area (Å²) in [5.74, 6) is 0.912. The van der Waals surface area contributed by atoms with Gasteiger partial charge in [0.05, 0.1) is 13.2 Å². The van der Waals surface area contributed by atoms with E-state index in [9.17, 15) is 5.11 Å². The van der Waals surface area contributed by atoms with Gasteiger partial charge in [0.2, 0.25) is 0 Å². The third kappa shape index (κ3) is 6.43. The molecule has 0 aliphatic heterocycles. The van der Waals surface area contributed by atoms with Crippen LogP contribution in [0.2, 0.25) is 0 Å². The van der Waals surface area contributed by atoms with E-state index in [1.165, 1.54) is 0 Å². The van der Waals surface area contributed by atoms with E-state index >= 15 is 0 Å². The molecule has 0 aromatic heterocycles. The van der Waals surface area contributed by atoms with Crippen molar-refractivity contribution in [2.45, 2.75) is 19.3 Å². The molecule has 3 nitrogen and oxygen atoms in total. The first-order chi connectivity index (χ1) is 7.93. The number of rotatable bonds is 9. The molecule has 16 heavy (non-hydrogen) atoms. The van der Waals surface area contributed by atoms with E-state index in [1.54, 1.807) is 0 Å². The summed E-state index contributed by atoms with van der Waals surface area (Å²) in [5, 5.41) is 10.1. The van der Waals surface area contributed by atoms with E-state index in [0.29, 0.717) is 13.0 Å². The fourth-order valence-corrected chi connectivity index (χ4v) is 1.28. The van der Waals surface area contributed by atoms with E-state index < -0.39 is 0 Å². The van der Waals surface area contributed by atoms with Gasteiger partial charge in [0.15, 0.2) is 0 Å². The molecule has 89 valence electrons. The predicted molar refractivity (Wildman–Crippen MR) is 62.2 cm³/mol. The second-order valence-corrected chi connectivity index (χ2v) is 3.54. The number of hydrogen-bond donors (Lipinski definition) is 0. The van der Waals surface area contributed by atoms with E-state index in [4.69, 9.17) is 9.47 Å². The molecule has 0 aliphatic carbocycles. The van der Waals surface area contributed by atoms with Crippen LogP contribution in [-0.4, -0.2) is 26.4 Å². The van der Waals surface area contributed by atoms with Gasteiger partial charge in [-0.3, -0.25) is 0 Å². The molecule has 0 atom stereocenters. The minimum absolute atomic E-state index is 0.0445. The van der Waals surface area contributed by atoms with E-state index in [-0.39, 0.29) is 6.61 Å². The van der Waals surface area contributed by atoms with Gasteiger partial charge in [0, 0.05) is 13.2 Å². The van der Waals surface area contributed by atoms with Crippen LogP contribution >= 0.6 is 0 Å². The van der Waals surface area contributed by atoms with Gasteiger partial charge < -0.3 is 9.47 Å². The Hall–Kier alpha value is -1.06. The molecule has 0 bridgehead atoms. The van der Waals surface area contributed by atoms with Crippen LogP contribution in [0.25, 0.3) is 0 Å². The van der Waals surface area contributed by atoms with Gasteiger partial charge in [0.1, 0.15) is 5.75 Å². The fraction of sp³-hybridized carbons (Fsp3) is 0.538. The summed E-state index contributed by atoms with van der Waals surface area (Å²) in [6.45, 7) is 1.98. The van der Waals surface area contributed by atoms with Gasteiger partial charge >= 0.3 is 0 Å². The molecule has 0 aliphatic rings. The number of hydrogen-bond acceptors (Lipinski definition) is 2. The highest BCUT2D eigenvalue weighted by atomic mass is 16.5. The van der Waals surface area contributed by atoms with Crippen molar-refractivity contribution in [3.63, 3.8) is 0 Å². The van der Waals surface area contributed by atoms with E-state index in [0.717, 1.165) is 31.8 Å². The number of para-hydroxylation sites is 1. The Morgan fingerprint density at radius 2 is 1.56 bits per heavy atom. The Kier molecular flexibility index (Phi) is 7.47. The molecule has 0 spiro atoms. The van der Waals surface area contributed by atoms with Crippen molar-refractivity contribution >= 4 is 0 Å². The van der Waals surface area contributed by atoms with Crippen molar-refractivity contribution in [2.24, 2.45) is 0 Å². The predicted octanol–water partition coefficient (Wildman–Crippen LogP) is 2.68. The van der Waals surface area contributed by atoms with Crippen LogP contribution in [0.15, 0.2) is 30.3 Å². The molecule has 0 fully saturated rings. The maximum atomic E-state index is 10.1. The molecule has 0 unspecified atom stereocenters. The third-order valence-corrected chi connectivity index (χ3v) is 2.13. The van der Waals surface area contributed by atoms with Crippen molar-refractivity contribution in [3.05, 3.63) is 30.3 Å². The van der Waals surface area contributed by atoms with Crippen LogP contribution in [0.5, 0.6) is 5.75 Å². The molecule has 0 saturated carbocycles. The lowest BCUT2D eigenvalue weighted by Crippen LogP contribution is -2.02. The van der Waals surface area contributed by atoms with E-state index in [1.807, 2.05) is 30.3 Å². The minimum atomic E-state index is -0.0445. The summed E-state index contributed by atoms with van der Waals surface area (Å²) in [6, 6.07) is 9.79. The van der Waals surface area contributed by atoms with Crippen molar-refractivity contribution < 1.29 is 14.6 Å². The highest BCUT2D eigenvalue weighted by Gasteiger charge is 1.93. The maximum Gasteiger partial charge on any atom is 0.119 e. The second kappa shape index (κ2) is 9.19. The van der Waals surface area contributed by atoms with Crippen molar-refractivity contribution in [1.82, 2.24) is 0 Å². The molecule has 0 saturated heterocycles. The van der Waals surface area contributed by atoms with Crippen LogP contribution in [0.4, 0.5) is 0 Å². The first-order valence-electron chi connectivity index (χ1n) is 5.77. The Balaban J connectivity index is 1.89. The lowest BCUT2D eigenvalue weighted by molar-refractivity contribution is 0.0946. The molecule has 1 rings (SSSR count). The first kappa shape index (κ1) is 13.0. The summed E-state index contributed by atoms with van der Waals surface area (Å²) in [4.78, 5) is 0. The third-order valence-electron chi connectivity index (χ3n) is 2.13. The topological polar surface area (TPSA) is 38.4 Å². The zero-order chi connectivity index (χ0) is 11.5. The summed E-state index contributed by atoms with van der Waals surface area (Å²) in [6.07, 6.45) is 2.57. The molecular formula is C13H19O3. The number of unbranched alkanes of at least 4 members (excludes halogenated alkanes) is 1.